The number of carbonyl (C=O) groups is 1. The number of carbonyl (C=O) groups excluding carboxylic acids is 1. The molecule has 2 aliphatic heterocycles. The molecule has 1 aromatic carbocycles. The van der Waals surface area contributed by atoms with Gasteiger partial charge in [-0.05, 0) is 25.8 Å². The molecule has 0 unspecified atom stereocenters. The van der Waals surface area contributed by atoms with Gasteiger partial charge in [0.2, 0.25) is 5.95 Å². The van der Waals surface area contributed by atoms with Gasteiger partial charge in [0.15, 0.2) is 0 Å². The molecule has 1 N–H and O–H groups in total. The van der Waals surface area contributed by atoms with E-state index in [0.29, 0.717) is 39.4 Å². The van der Waals surface area contributed by atoms with Gasteiger partial charge < -0.3 is 14.8 Å². The van der Waals surface area contributed by atoms with E-state index in [1.54, 1.807) is 23.7 Å². The fourth-order valence-corrected chi connectivity index (χ4v) is 3.81. The summed E-state index contributed by atoms with van der Waals surface area (Å²) in [6.07, 6.45) is 3.23. The molecular formula is C18H18Cl2N4O3. The number of halogens is 2. The lowest BCUT2D eigenvalue weighted by Gasteiger charge is -2.29. The standard InChI is InChI=1S/C18H18Cl2N4O3/c1-10-14(17(25)27-8-11-4-3-7-26-11)16(24-18(23-10)21-9-22-24)12-5-2-6-13(19)15(12)20/h2,5-6,9,11,16H,3-4,7-8H2,1H3,(H,21,22,23)/t11-,16-/m0/s1. The molecule has 7 nitrogen and oxygen atoms in total. The summed E-state index contributed by atoms with van der Waals surface area (Å²) in [5.74, 6) is 0.0712. The monoisotopic (exact) mass is 408 g/mol. The predicted octanol–water partition coefficient (Wildman–Crippen LogP) is 3.60. The Labute approximate surface area is 166 Å². The van der Waals surface area contributed by atoms with Crippen LogP contribution in [0.4, 0.5) is 5.95 Å². The molecule has 9 heteroatoms. The molecule has 2 aliphatic rings. The number of esters is 1. The summed E-state index contributed by atoms with van der Waals surface area (Å²) in [5, 5.41) is 8.13. The van der Waals surface area contributed by atoms with E-state index < -0.39 is 12.0 Å². The normalized spacial score (nSPS) is 21.7. The molecule has 4 rings (SSSR count). The van der Waals surface area contributed by atoms with Crippen LogP contribution in [0, 0.1) is 0 Å². The molecule has 2 atom stereocenters. The van der Waals surface area contributed by atoms with Crippen molar-refractivity contribution in [3.8, 4) is 0 Å². The minimum absolute atomic E-state index is 0.0541. The van der Waals surface area contributed by atoms with Crippen molar-refractivity contribution in [1.29, 1.82) is 0 Å². The topological polar surface area (TPSA) is 78.3 Å². The van der Waals surface area contributed by atoms with E-state index in [1.807, 2.05) is 6.07 Å². The lowest BCUT2D eigenvalue weighted by atomic mass is 9.95. The second kappa shape index (κ2) is 7.50. The van der Waals surface area contributed by atoms with E-state index in [1.165, 1.54) is 6.33 Å². The van der Waals surface area contributed by atoms with Crippen LogP contribution < -0.4 is 5.32 Å². The number of aromatic nitrogens is 3. The Morgan fingerprint density at radius 3 is 3.07 bits per heavy atom. The number of allylic oxidation sites excluding steroid dienone is 1. The largest absolute Gasteiger partial charge is 0.459 e. The van der Waals surface area contributed by atoms with Gasteiger partial charge in [-0.15, -0.1) is 0 Å². The van der Waals surface area contributed by atoms with Crippen LogP contribution in [-0.2, 0) is 14.3 Å². The molecule has 142 valence electrons. The molecule has 2 aromatic rings. The zero-order valence-corrected chi connectivity index (χ0v) is 16.1. The highest BCUT2D eigenvalue weighted by Gasteiger charge is 2.36. The minimum atomic E-state index is -0.591. The van der Waals surface area contributed by atoms with Gasteiger partial charge in [-0.25, -0.2) is 9.48 Å². The molecular weight excluding hydrogens is 391 g/mol. The van der Waals surface area contributed by atoms with Gasteiger partial charge in [-0.3, -0.25) is 0 Å². The smallest absolute Gasteiger partial charge is 0.338 e. The Kier molecular flexibility index (Phi) is 5.08. The Hall–Kier alpha value is -2.09. The van der Waals surface area contributed by atoms with Gasteiger partial charge in [-0.2, -0.15) is 10.1 Å². The van der Waals surface area contributed by atoms with Gasteiger partial charge in [0.05, 0.1) is 21.7 Å². The number of hydrogen-bond donors (Lipinski definition) is 1. The van der Waals surface area contributed by atoms with Crippen molar-refractivity contribution >= 4 is 35.1 Å². The number of benzene rings is 1. The highest BCUT2D eigenvalue weighted by atomic mass is 35.5. The third-order valence-electron chi connectivity index (χ3n) is 4.71. The average Bonchev–Trinajstić information content (AvgIpc) is 3.32. The lowest BCUT2D eigenvalue weighted by molar-refractivity contribution is -0.142. The summed E-state index contributed by atoms with van der Waals surface area (Å²) >= 11 is 12.7. The van der Waals surface area contributed by atoms with E-state index in [9.17, 15) is 4.79 Å². The van der Waals surface area contributed by atoms with Gasteiger partial charge in [0.1, 0.15) is 19.0 Å². The van der Waals surface area contributed by atoms with Crippen molar-refractivity contribution in [2.24, 2.45) is 0 Å². The van der Waals surface area contributed by atoms with Crippen molar-refractivity contribution in [3.63, 3.8) is 0 Å². The molecule has 27 heavy (non-hydrogen) atoms. The van der Waals surface area contributed by atoms with Crippen LogP contribution in [0.2, 0.25) is 10.0 Å². The number of rotatable bonds is 4. The summed E-state index contributed by atoms with van der Waals surface area (Å²) in [4.78, 5) is 17.2. The zero-order valence-electron chi connectivity index (χ0n) is 14.6. The first-order valence-corrected chi connectivity index (χ1v) is 9.41. The maximum absolute atomic E-state index is 13.0. The number of nitrogens with one attached hydrogen (secondary N) is 1. The minimum Gasteiger partial charge on any atom is -0.459 e. The molecule has 0 bridgehead atoms. The van der Waals surface area contributed by atoms with Gasteiger partial charge in [-0.1, -0.05) is 35.3 Å². The quantitative estimate of drug-likeness (QED) is 0.778. The Balaban J connectivity index is 1.70. The molecule has 0 aliphatic carbocycles. The Morgan fingerprint density at radius 1 is 1.44 bits per heavy atom. The van der Waals surface area contributed by atoms with Crippen molar-refractivity contribution in [3.05, 3.63) is 51.4 Å². The van der Waals surface area contributed by atoms with E-state index in [0.717, 1.165) is 12.8 Å². The SMILES string of the molecule is CC1=C(C(=O)OC[C@@H]2CCCO2)[C@H](c2cccc(Cl)c2Cl)n2ncnc2N1. The molecule has 1 aromatic heterocycles. The van der Waals surface area contributed by atoms with Gasteiger partial charge >= 0.3 is 5.97 Å². The fourth-order valence-electron chi connectivity index (χ4n) is 3.40. The summed E-state index contributed by atoms with van der Waals surface area (Å²) < 4.78 is 12.7. The highest BCUT2D eigenvalue weighted by Crippen LogP contribution is 2.40. The number of ether oxygens (including phenoxy) is 2. The van der Waals surface area contributed by atoms with Crippen LogP contribution >= 0.6 is 23.2 Å². The maximum Gasteiger partial charge on any atom is 0.338 e. The maximum atomic E-state index is 13.0. The first kappa shape index (κ1) is 18.3. The molecule has 1 saturated heterocycles. The van der Waals surface area contributed by atoms with Crippen LogP contribution in [0.15, 0.2) is 35.8 Å². The molecule has 0 saturated carbocycles. The molecule has 0 radical (unpaired) electrons. The van der Waals surface area contributed by atoms with Crippen LogP contribution in [0.5, 0.6) is 0 Å². The lowest BCUT2D eigenvalue weighted by Crippen LogP contribution is -2.31. The molecule has 3 heterocycles. The van der Waals surface area contributed by atoms with E-state index in [2.05, 4.69) is 15.4 Å². The Bertz CT molecular complexity index is 906. The van der Waals surface area contributed by atoms with Gasteiger partial charge in [0.25, 0.3) is 0 Å². The van der Waals surface area contributed by atoms with Crippen molar-refractivity contribution in [2.75, 3.05) is 18.5 Å². The summed E-state index contributed by atoms with van der Waals surface area (Å²) in [6, 6.07) is 4.71. The highest BCUT2D eigenvalue weighted by molar-refractivity contribution is 6.42. The van der Waals surface area contributed by atoms with Gasteiger partial charge in [0, 0.05) is 17.9 Å². The third kappa shape index (κ3) is 3.42. The van der Waals surface area contributed by atoms with Crippen molar-refractivity contribution in [1.82, 2.24) is 14.8 Å². The number of anilines is 1. The third-order valence-corrected chi connectivity index (χ3v) is 5.55. The van der Waals surface area contributed by atoms with E-state index >= 15 is 0 Å². The summed E-state index contributed by atoms with van der Waals surface area (Å²) in [5.41, 5.74) is 1.70. The van der Waals surface area contributed by atoms with Crippen molar-refractivity contribution in [2.45, 2.75) is 31.9 Å². The van der Waals surface area contributed by atoms with E-state index in [4.69, 9.17) is 32.7 Å². The zero-order chi connectivity index (χ0) is 19.0. The molecule has 0 amide bonds. The fraction of sp³-hybridized carbons (Fsp3) is 0.389. The first-order valence-electron chi connectivity index (χ1n) is 8.66. The van der Waals surface area contributed by atoms with Crippen LogP contribution in [0.25, 0.3) is 0 Å². The van der Waals surface area contributed by atoms with Crippen LogP contribution in [0.3, 0.4) is 0 Å². The average molecular weight is 409 g/mol. The Morgan fingerprint density at radius 2 is 2.30 bits per heavy atom. The van der Waals surface area contributed by atoms with E-state index in [-0.39, 0.29) is 12.7 Å². The van der Waals surface area contributed by atoms with Crippen molar-refractivity contribution < 1.29 is 14.3 Å². The number of hydrogen-bond acceptors (Lipinski definition) is 6. The number of nitrogens with zero attached hydrogens (tertiary/aromatic N) is 3. The summed E-state index contributed by atoms with van der Waals surface area (Å²) in [7, 11) is 0. The number of fused-ring (bicyclic) bond motifs is 1. The first-order chi connectivity index (χ1) is 13.1. The second-order valence-electron chi connectivity index (χ2n) is 6.47. The van der Waals surface area contributed by atoms with Crippen LogP contribution in [0.1, 0.15) is 31.4 Å². The predicted molar refractivity (Wildman–Crippen MR) is 101 cm³/mol. The summed E-state index contributed by atoms with van der Waals surface area (Å²) in [6.45, 7) is 2.72. The molecule has 1 fully saturated rings. The second-order valence-corrected chi connectivity index (χ2v) is 7.26. The van der Waals surface area contributed by atoms with Crippen LogP contribution in [-0.4, -0.2) is 40.1 Å². The molecule has 0 spiro atoms.